The van der Waals surface area contributed by atoms with E-state index in [9.17, 15) is 14.7 Å². The Morgan fingerprint density at radius 3 is 2.41 bits per heavy atom. The number of aliphatic hydroxyl groups excluding tert-OH is 1. The summed E-state index contributed by atoms with van der Waals surface area (Å²) in [5, 5.41) is 14.2. The largest absolute Gasteiger partial charge is 0.387 e. The molecule has 1 fully saturated rings. The maximum atomic E-state index is 12.9. The number of carbonyl (C=O) groups is 1. The van der Waals surface area contributed by atoms with Crippen molar-refractivity contribution in [3.8, 4) is 0 Å². The summed E-state index contributed by atoms with van der Waals surface area (Å²) in [4.78, 5) is 36.5. The molecule has 1 aliphatic carbocycles. The van der Waals surface area contributed by atoms with Gasteiger partial charge in [-0.2, -0.15) is 4.98 Å². The van der Waals surface area contributed by atoms with Gasteiger partial charge in [0.2, 0.25) is 11.9 Å². The highest BCUT2D eigenvalue weighted by Crippen LogP contribution is 2.45. The number of benzene rings is 2. The highest BCUT2D eigenvalue weighted by atomic mass is 16.7. The first kappa shape index (κ1) is 33.0. The lowest BCUT2D eigenvalue weighted by Crippen LogP contribution is -2.41. The molecule has 2 aromatic carbocycles. The molecule has 0 saturated carbocycles. The Kier molecular flexibility index (Phi) is 9.54. The monoisotopic (exact) mass is 672 g/mol. The quantitative estimate of drug-likeness (QED) is 0.189. The Morgan fingerprint density at radius 1 is 1.16 bits per heavy atom. The van der Waals surface area contributed by atoms with Crippen LogP contribution in [0.15, 0.2) is 95.6 Å². The number of fused-ring (bicyclic) bond motifs is 1. The molecule has 2 aromatic heterocycles. The number of aliphatic hydroxyl groups is 1. The molecule has 3 N–H and O–H groups in total. The van der Waals surface area contributed by atoms with Gasteiger partial charge >= 0.3 is 0 Å². The van der Waals surface area contributed by atoms with E-state index in [1.807, 2.05) is 78.9 Å². The van der Waals surface area contributed by atoms with Gasteiger partial charge in [0.1, 0.15) is 23.9 Å². The summed E-state index contributed by atoms with van der Waals surface area (Å²) >= 11 is 0. The van der Waals surface area contributed by atoms with Crippen molar-refractivity contribution >= 4 is 23.0 Å². The van der Waals surface area contributed by atoms with Crippen LogP contribution in [0.25, 0.3) is 11.2 Å². The van der Waals surface area contributed by atoms with Gasteiger partial charge in [-0.25, -0.2) is 4.98 Å². The van der Waals surface area contributed by atoms with E-state index in [4.69, 9.17) is 25.1 Å². The number of nitrogens with zero attached hydrogens (tertiary/aromatic N) is 3. The second-order valence-electron chi connectivity index (χ2n) is 12.2. The van der Waals surface area contributed by atoms with Gasteiger partial charge in [0, 0.05) is 33.6 Å². The molecule has 1 aliphatic heterocycles. The maximum Gasteiger partial charge on any atom is 0.280 e. The van der Waals surface area contributed by atoms with E-state index in [1.165, 1.54) is 10.9 Å². The summed E-state index contributed by atoms with van der Waals surface area (Å²) in [6.07, 6.45) is 3.28. The van der Waals surface area contributed by atoms with Crippen LogP contribution in [-0.4, -0.2) is 82.5 Å². The summed E-state index contributed by atoms with van der Waals surface area (Å²) < 4.78 is 39.8. The minimum atomic E-state index is -1.25. The van der Waals surface area contributed by atoms with E-state index in [1.54, 1.807) is 28.1 Å². The van der Waals surface area contributed by atoms with Crippen molar-refractivity contribution in [1.29, 1.82) is 0 Å². The number of H-pyrrole nitrogens is 1. The van der Waals surface area contributed by atoms with Crippen LogP contribution in [0.5, 0.6) is 0 Å². The Morgan fingerprint density at radius 2 is 1.84 bits per heavy atom. The number of amides is 1. The first-order chi connectivity index (χ1) is 24.2. The average molecular weight is 673 g/mol. The molecule has 1 saturated heterocycles. The van der Waals surface area contributed by atoms with Gasteiger partial charge in [-0.05, 0) is 22.8 Å². The fraction of sp³-hybridized carbons (Fsp3) is 0.389. The van der Waals surface area contributed by atoms with Crippen LogP contribution < -0.4 is 10.9 Å². The minimum absolute atomic E-state index is 0.00125. The zero-order chi connectivity index (χ0) is 35.5. The number of hydrogen-bond acceptors (Lipinski definition) is 10. The number of anilines is 1. The number of hydrogen-bond donors (Lipinski definition) is 3. The van der Waals surface area contributed by atoms with Crippen LogP contribution in [0.4, 0.5) is 5.95 Å². The Labute approximate surface area is 284 Å². The Hall–Kier alpha value is -4.50. The van der Waals surface area contributed by atoms with Crippen molar-refractivity contribution < 1.29 is 35.0 Å². The number of nitrogens with one attached hydrogen (secondary N) is 2. The molecule has 0 bridgehead atoms. The lowest BCUT2D eigenvalue weighted by Gasteiger charge is -2.40. The molecular weight excluding hydrogens is 630 g/mol. The van der Waals surface area contributed by atoms with Gasteiger partial charge < -0.3 is 28.8 Å². The molecule has 4 atom stereocenters. The summed E-state index contributed by atoms with van der Waals surface area (Å²) in [7, 11) is 2.71. The molecule has 2 aliphatic rings. The van der Waals surface area contributed by atoms with Gasteiger partial charge in [-0.1, -0.05) is 86.7 Å². The first-order valence-corrected chi connectivity index (χ1v) is 15.9. The fourth-order valence-corrected chi connectivity index (χ4v) is 6.25. The van der Waals surface area contributed by atoms with Crippen LogP contribution in [0, 0.1) is 5.92 Å². The molecule has 258 valence electrons. The predicted molar refractivity (Wildman–Crippen MR) is 181 cm³/mol. The van der Waals surface area contributed by atoms with E-state index >= 15 is 0 Å². The van der Waals surface area contributed by atoms with E-state index in [0.29, 0.717) is 6.42 Å². The van der Waals surface area contributed by atoms with E-state index in [-0.39, 0.29) is 35.5 Å². The maximum absolute atomic E-state index is 12.9. The Balaban J connectivity index is 1.37. The molecule has 3 heterocycles. The van der Waals surface area contributed by atoms with Crippen LogP contribution in [0.1, 0.15) is 39.0 Å². The number of ether oxygens (including phenoxy) is 5. The van der Waals surface area contributed by atoms with E-state index < -0.39 is 48.6 Å². The van der Waals surface area contributed by atoms with Crippen molar-refractivity contribution in [2.75, 3.05) is 33.2 Å². The topological polar surface area (TPSA) is 159 Å². The van der Waals surface area contributed by atoms with Crippen molar-refractivity contribution in [2.45, 2.75) is 56.2 Å². The standard InChI is InChI=1S/C36H41N5O8/c1-22(2)31(43)39-34-38-30-27(32(44)40-34)37-21-41(30)33-29(45-3)28(42)26(49-33)20-48-36(23-12-8-6-9-13-23,24-14-10-7-11-15-24)25-16-18-35(46-4,47-5)19-17-25/h6-18,21-22,26,28-29,33,42H,19-20H2,1-5H3,(H2,38,39,40,43,44)/t26-,28-,29-,33-/m1/s1/i3D. The Bertz CT molecular complexity index is 1870. The van der Waals surface area contributed by atoms with Crippen LogP contribution in [0.3, 0.4) is 0 Å². The van der Waals surface area contributed by atoms with Crippen LogP contribution in [0.2, 0.25) is 0 Å². The summed E-state index contributed by atoms with van der Waals surface area (Å²) in [6.45, 7) is 3.32. The lowest BCUT2D eigenvalue weighted by molar-refractivity contribution is -0.168. The molecule has 4 aromatic rings. The highest BCUT2D eigenvalue weighted by Gasteiger charge is 2.48. The molecule has 13 nitrogen and oxygen atoms in total. The second-order valence-corrected chi connectivity index (χ2v) is 12.2. The molecule has 49 heavy (non-hydrogen) atoms. The van der Waals surface area contributed by atoms with Crippen molar-refractivity contribution in [2.24, 2.45) is 5.92 Å². The number of aromatic nitrogens is 4. The zero-order valence-electron chi connectivity index (χ0n) is 28.7. The van der Waals surface area contributed by atoms with E-state index in [2.05, 4.69) is 20.3 Å². The van der Waals surface area contributed by atoms with Crippen molar-refractivity contribution in [3.63, 3.8) is 0 Å². The van der Waals surface area contributed by atoms with Gasteiger partial charge in [-0.15, -0.1) is 0 Å². The summed E-state index contributed by atoms with van der Waals surface area (Å²) in [5.41, 5.74) is 0.883. The van der Waals surface area contributed by atoms with Crippen LogP contribution in [-0.2, 0) is 34.1 Å². The third-order valence-electron chi connectivity index (χ3n) is 9.02. The SMILES string of the molecule is [2H]CO[C@@H]1[C@H](O)[C@@H](COC(C2=CCC(OC)(OC)C=C2)(c2ccccc2)c2ccccc2)O[C@H]1n1cnc2c(=O)[nH]c(NC(=O)C(C)C)nc21. The second kappa shape index (κ2) is 14.2. The molecule has 0 unspecified atom stereocenters. The van der Waals surface area contributed by atoms with Gasteiger partial charge in [-0.3, -0.25) is 24.5 Å². The number of imidazole rings is 1. The van der Waals surface area contributed by atoms with Crippen molar-refractivity contribution in [1.82, 2.24) is 19.5 Å². The smallest absolute Gasteiger partial charge is 0.280 e. The fourth-order valence-electron chi connectivity index (χ4n) is 6.25. The summed E-state index contributed by atoms with van der Waals surface area (Å²) in [6, 6.07) is 19.5. The molecule has 1 amide bonds. The van der Waals surface area contributed by atoms with Crippen molar-refractivity contribution in [3.05, 3.63) is 112 Å². The molecular formula is C36H41N5O8. The normalized spacial score (nSPS) is 22.3. The molecule has 13 heteroatoms. The third kappa shape index (κ3) is 6.36. The first-order valence-electron chi connectivity index (χ1n) is 16.6. The lowest BCUT2D eigenvalue weighted by atomic mass is 9.77. The van der Waals surface area contributed by atoms with E-state index in [0.717, 1.165) is 16.7 Å². The number of aromatic amines is 1. The average Bonchev–Trinajstić information content (AvgIpc) is 3.70. The number of carbonyl (C=O) groups excluding carboxylic acids is 1. The predicted octanol–water partition coefficient (Wildman–Crippen LogP) is 3.82. The number of methoxy groups -OCH3 is 3. The minimum Gasteiger partial charge on any atom is -0.387 e. The van der Waals surface area contributed by atoms with Gasteiger partial charge in [0.15, 0.2) is 23.2 Å². The molecule has 6 rings (SSSR count). The zero-order valence-corrected chi connectivity index (χ0v) is 27.7. The van der Waals surface area contributed by atoms with Gasteiger partial charge in [0.25, 0.3) is 5.56 Å². The van der Waals surface area contributed by atoms with Crippen LogP contribution >= 0.6 is 0 Å². The molecule has 0 spiro atoms. The highest BCUT2D eigenvalue weighted by molar-refractivity contribution is 5.91. The van der Waals surface area contributed by atoms with Gasteiger partial charge in [0.05, 0.1) is 14.3 Å². The summed E-state index contributed by atoms with van der Waals surface area (Å²) in [5.74, 6) is -1.68. The molecule has 0 radical (unpaired) electrons. The third-order valence-corrected chi connectivity index (χ3v) is 9.02. The number of rotatable bonds is 12.